The third-order valence-corrected chi connectivity index (χ3v) is 5.42. The number of aryl methyl sites for hydroxylation is 1. The summed E-state index contributed by atoms with van der Waals surface area (Å²) in [5.41, 5.74) is 1.80. The average molecular weight is 367 g/mol. The highest BCUT2D eigenvalue weighted by molar-refractivity contribution is 7.08. The molecule has 0 radical (unpaired) electrons. The summed E-state index contributed by atoms with van der Waals surface area (Å²) in [4.78, 5) is 6.66. The third kappa shape index (κ3) is 2.64. The van der Waals surface area contributed by atoms with Crippen LogP contribution >= 0.6 is 11.3 Å². The number of aromatic nitrogens is 6. The largest absolute Gasteiger partial charge is 0.355 e. The zero-order valence-corrected chi connectivity index (χ0v) is 15.1. The summed E-state index contributed by atoms with van der Waals surface area (Å²) < 4.78 is 7.16. The number of nitrogens with zero attached hydrogens (tertiary/aromatic N) is 7. The number of rotatable bonds is 3. The van der Waals surface area contributed by atoms with Gasteiger partial charge in [-0.3, -0.25) is 0 Å². The highest BCUT2D eigenvalue weighted by Crippen LogP contribution is 2.29. The van der Waals surface area contributed by atoms with Gasteiger partial charge in [-0.2, -0.15) is 20.8 Å². The van der Waals surface area contributed by atoms with Crippen molar-refractivity contribution in [3.8, 4) is 11.4 Å². The standard InChI is InChI=1S/C17H17N7OS/c1-11-18-17(25-22-11)12-4-7-23(8-5-12)15-3-2-14-19-20-16(24(14)21-15)13-6-9-26-10-13/h2-3,6,9-10,12H,4-5,7-8H2,1H3. The van der Waals surface area contributed by atoms with Crippen molar-refractivity contribution in [3.05, 3.63) is 40.7 Å². The molecule has 0 amide bonds. The Balaban J connectivity index is 1.39. The summed E-state index contributed by atoms with van der Waals surface area (Å²) in [6.07, 6.45) is 1.95. The van der Waals surface area contributed by atoms with E-state index in [9.17, 15) is 0 Å². The number of hydrogen-bond acceptors (Lipinski definition) is 8. The fourth-order valence-electron chi connectivity index (χ4n) is 3.35. The first-order chi connectivity index (χ1) is 12.8. The lowest BCUT2D eigenvalue weighted by Gasteiger charge is -2.31. The van der Waals surface area contributed by atoms with Gasteiger partial charge in [0.05, 0.1) is 0 Å². The predicted molar refractivity (Wildman–Crippen MR) is 97.3 cm³/mol. The first-order valence-corrected chi connectivity index (χ1v) is 9.52. The molecule has 0 aliphatic carbocycles. The smallest absolute Gasteiger partial charge is 0.229 e. The van der Waals surface area contributed by atoms with Crippen LogP contribution in [0.15, 0.2) is 33.5 Å². The molecular weight excluding hydrogens is 350 g/mol. The molecule has 4 aromatic heterocycles. The van der Waals surface area contributed by atoms with Gasteiger partial charge in [0.25, 0.3) is 0 Å². The molecule has 0 bridgehead atoms. The van der Waals surface area contributed by atoms with E-state index in [1.54, 1.807) is 11.3 Å². The molecule has 1 aliphatic heterocycles. The summed E-state index contributed by atoms with van der Waals surface area (Å²) in [7, 11) is 0. The number of anilines is 1. The maximum absolute atomic E-state index is 5.33. The molecule has 5 rings (SSSR count). The van der Waals surface area contributed by atoms with Crippen molar-refractivity contribution in [2.24, 2.45) is 0 Å². The molecule has 26 heavy (non-hydrogen) atoms. The lowest BCUT2D eigenvalue weighted by molar-refractivity contribution is 0.327. The van der Waals surface area contributed by atoms with Gasteiger partial charge in [-0.15, -0.1) is 15.3 Å². The van der Waals surface area contributed by atoms with Gasteiger partial charge in [0, 0.05) is 30.0 Å². The van der Waals surface area contributed by atoms with Crippen LogP contribution in [0, 0.1) is 6.92 Å². The molecule has 0 spiro atoms. The minimum absolute atomic E-state index is 0.326. The summed E-state index contributed by atoms with van der Waals surface area (Å²) in [6, 6.07) is 6.02. The molecule has 0 atom stereocenters. The van der Waals surface area contributed by atoms with E-state index in [1.165, 1.54) is 0 Å². The molecule has 4 aromatic rings. The lowest BCUT2D eigenvalue weighted by atomic mass is 9.97. The zero-order valence-electron chi connectivity index (χ0n) is 14.2. The number of fused-ring (bicyclic) bond motifs is 1. The second-order valence-corrected chi connectivity index (χ2v) is 7.22. The molecule has 0 N–H and O–H groups in total. The van der Waals surface area contributed by atoms with E-state index in [0.29, 0.717) is 11.7 Å². The summed E-state index contributed by atoms with van der Waals surface area (Å²) in [5, 5.41) is 21.3. The minimum atomic E-state index is 0.326. The van der Waals surface area contributed by atoms with Crippen molar-refractivity contribution in [2.75, 3.05) is 18.0 Å². The number of piperidine rings is 1. The number of hydrogen-bond donors (Lipinski definition) is 0. The second-order valence-electron chi connectivity index (χ2n) is 6.44. The molecule has 1 saturated heterocycles. The quantitative estimate of drug-likeness (QED) is 0.550. The predicted octanol–water partition coefficient (Wildman–Crippen LogP) is 2.93. The van der Waals surface area contributed by atoms with E-state index in [-0.39, 0.29) is 0 Å². The van der Waals surface area contributed by atoms with Crippen molar-refractivity contribution in [3.63, 3.8) is 0 Å². The summed E-state index contributed by atoms with van der Waals surface area (Å²) >= 11 is 1.64. The molecule has 8 nitrogen and oxygen atoms in total. The SMILES string of the molecule is Cc1noc(C2CCN(c3ccc4nnc(-c5ccsc5)n4n3)CC2)n1. The van der Waals surface area contributed by atoms with Gasteiger partial charge in [0.1, 0.15) is 5.82 Å². The highest BCUT2D eigenvalue weighted by Gasteiger charge is 2.26. The monoisotopic (exact) mass is 367 g/mol. The van der Waals surface area contributed by atoms with Crippen LogP contribution in [-0.4, -0.2) is 43.0 Å². The van der Waals surface area contributed by atoms with E-state index in [0.717, 1.165) is 54.7 Å². The van der Waals surface area contributed by atoms with Gasteiger partial charge in [0.2, 0.25) is 5.89 Å². The maximum Gasteiger partial charge on any atom is 0.229 e. The van der Waals surface area contributed by atoms with Gasteiger partial charge < -0.3 is 9.42 Å². The van der Waals surface area contributed by atoms with E-state index in [2.05, 4.69) is 30.6 Å². The fraction of sp³-hybridized carbons (Fsp3) is 0.353. The Labute approximate surface area is 153 Å². The van der Waals surface area contributed by atoms with Crippen LogP contribution in [-0.2, 0) is 0 Å². The minimum Gasteiger partial charge on any atom is -0.355 e. The molecule has 0 unspecified atom stereocenters. The maximum atomic E-state index is 5.33. The van der Waals surface area contributed by atoms with E-state index in [4.69, 9.17) is 9.62 Å². The van der Waals surface area contributed by atoms with Gasteiger partial charge in [-0.1, -0.05) is 5.16 Å². The molecule has 0 saturated carbocycles. The van der Waals surface area contributed by atoms with Crippen LogP contribution in [0.25, 0.3) is 17.0 Å². The third-order valence-electron chi connectivity index (χ3n) is 4.74. The highest BCUT2D eigenvalue weighted by atomic mass is 32.1. The van der Waals surface area contributed by atoms with Crippen LogP contribution in [0.2, 0.25) is 0 Å². The zero-order chi connectivity index (χ0) is 17.5. The fourth-order valence-corrected chi connectivity index (χ4v) is 3.99. The van der Waals surface area contributed by atoms with Crippen LogP contribution in [0.5, 0.6) is 0 Å². The van der Waals surface area contributed by atoms with Crippen LogP contribution in [0.1, 0.15) is 30.5 Å². The van der Waals surface area contributed by atoms with Crippen LogP contribution in [0.4, 0.5) is 5.82 Å². The first-order valence-electron chi connectivity index (χ1n) is 8.58. The van der Waals surface area contributed by atoms with E-state index in [1.807, 2.05) is 35.0 Å². The van der Waals surface area contributed by atoms with Crippen molar-refractivity contribution in [2.45, 2.75) is 25.7 Å². The van der Waals surface area contributed by atoms with Gasteiger partial charge >= 0.3 is 0 Å². The van der Waals surface area contributed by atoms with Crippen molar-refractivity contribution in [1.29, 1.82) is 0 Å². The Morgan fingerprint density at radius 3 is 2.77 bits per heavy atom. The van der Waals surface area contributed by atoms with Crippen LogP contribution in [0.3, 0.4) is 0 Å². The Hall–Kier alpha value is -2.81. The molecular formula is C17H17N7OS. The molecule has 132 valence electrons. The van der Waals surface area contributed by atoms with Crippen molar-refractivity contribution in [1.82, 2.24) is 30.0 Å². The van der Waals surface area contributed by atoms with Gasteiger partial charge in [-0.25, -0.2) is 0 Å². The molecule has 5 heterocycles. The Morgan fingerprint density at radius 2 is 2.04 bits per heavy atom. The molecule has 9 heteroatoms. The normalized spacial score (nSPS) is 15.8. The van der Waals surface area contributed by atoms with E-state index >= 15 is 0 Å². The van der Waals surface area contributed by atoms with Crippen molar-refractivity contribution >= 4 is 22.8 Å². The van der Waals surface area contributed by atoms with Gasteiger partial charge in [0.15, 0.2) is 17.3 Å². The second kappa shape index (κ2) is 6.17. The lowest BCUT2D eigenvalue weighted by Crippen LogP contribution is -2.33. The average Bonchev–Trinajstić information content (AvgIpc) is 3.41. The summed E-state index contributed by atoms with van der Waals surface area (Å²) in [5.74, 6) is 3.49. The molecule has 1 fully saturated rings. The van der Waals surface area contributed by atoms with Gasteiger partial charge in [-0.05, 0) is 43.3 Å². The van der Waals surface area contributed by atoms with Crippen LogP contribution < -0.4 is 4.90 Å². The topological polar surface area (TPSA) is 85.2 Å². The summed E-state index contributed by atoms with van der Waals surface area (Å²) in [6.45, 7) is 3.66. The molecule has 1 aliphatic rings. The van der Waals surface area contributed by atoms with E-state index < -0.39 is 0 Å². The Kier molecular flexibility index (Phi) is 3.66. The van der Waals surface area contributed by atoms with Crippen molar-refractivity contribution < 1.29 is 4.52 Å². The molecule has 0 aromatic carbocycles. The number of thiophene rings is 1. The Bertz CT molecular complexity index is 1030. The first kappa shape index (κ1) is 15.4. The Morgan fingerprint density at radius 1 is 1.15 bits per heavy atom.